The van der Waals surface area contributed by atoms with Crippen LogP contribution < -0.4 is 5.73 Å². The van der Waals surface area contributed by atoms with Gasteiger partial charge in [-0.1, -0.05) is 11.6 Å². The van der Waals surface area contributed by atoms with Crippen molar-refractivity contribution >= 4 is 29.3 Å². The molecule has 0 radical (unpaired) electrons. The van der Waals surface area contributed by atoms with E-state index in [1.54, 1.807) is 0 Å². The van der Waals surface area contributed by atoms with E-state index in [-0.39, 0.29) is 12.4 Å². The van der Waals surface area contributed by atoms with Crippen LogP contribution in [0.4, 0.5) is 0 Å². The van der Waals surface area contributed by atoms with Gasteiger partial charge in [0.25, 0.3) is 0 Å². The molecule has 5 heteroatoms. The number of aliphatic carboxylic acids is 1. The summed E-state index contributed by atoms with van der Waals surface area (Å²) in [6, 6.07) is 5.19. The van der Waals surface area contributed by atoms with E-state index in [2.05, 4.69) is 4.98 Å². The van der Waals surface area contributed by atoms with Crippen molar-refractivity contribution in [1.29, 1.82) is 0 Å². The second-order valence-corrected chi connectivity index (χ2v) is 4.01. The van der Waals surface area contributed by atoms with Crippen molar-refractivity contribution in [3.05, 3.63) is 35.5 Å². The monoisotopic (exact) mass is 254 g/mol. The normalized spacial score (nSPS) is 12.1. The second-order valence-electron chi connectivity index (χ2n) is 4.01. The van der Waals surface area contributed by atoms with Gasteiger partial charge in [0.05, 0.1) is 0 Å². The lowest BCUT2D eigenvalue weighted by molar-refractivity contribution is -0.138. The fourth-order valence-electron chi connectivity index (χ4n) is 1.79. The maximum atomic E-state index is 10.7. The second kappa shape index (κ2) is 5.21. The molecule has 0 fully saturated rings. The first-order valence-electron chi connectivity index (χ1n) is 5.13. The number of aromatic nitrogens is 1. The van der Waals surface area contributed by atoms with Gasteiger partial charge in [0.15, 0.2) is 0 Å². The van der Waals surface area contributed by atoms with Crippen molar-refractivity contribution < 1.29 is 9.90 Å². The predicted molar refractivity (Wildman–Crippen MR) is 69.6 cm³/mol. The Bertz CT molecular complexity index is 536. The first-order chi connectivity index (χ1) is 7.58. The molecule has 2 rings (SSSR count). The number of fused-ring (bicyclic) bond motifs is 1. The van der Waals surface area contributed by atoms with Crippen molar-refractivity contribution in [2.45, 2.75) is 19.4 Å². The lowest BCUT2D eigenvalue weighted by Gasteiger charge is -2.05. The Kier molecular flexibility index (Phi) is 4.15. The average molecular weight is 255 g/mol. The van der Waals surface area contributed by atoms with Gasteiger partial charge in [-0.2, -0.15) is 0 Å². The zero-order chi connectivity index (χ0) is 11.7. The molecule has 17 heavy (non-hydrogen) atoms. The van der Waals surface area contributed by atoms with Crippen LogP contribution in [-0.4, -0.2) is 22.1 Å². The summed E-state index contributed by atoms with van der Waals surface area (Å²) in [5.41, 5.74) is 8.64. The summed E-state index contributed by atoms with van der Waals surface area (Å²) in [6.07, 6.45) is 2.17. The zero-order valence-corrected chi connectivity index (χ0v) is 10.3. The number of rotatable bonds is 3. The quantitative estimate of drug-likeness (QED) is 0.782. The molecule has 4 N–H and O–H groups in total. The first kappa shape index (κ1) is 13.5. The smallest absolute Gasteiger partial charge is 0.320 e. The van der Waals surface area contributed by atoms with Crippen molar-refractivity contribution in [2.24, 2.45) is 5.73 Å². The SMILES string of the molecule is Cc1ccc2[nH]cc(CC(N)C(=O)O)c2c1.Cl. The maximum absolute atomic E-state index is 10.7. The number of hydrogen-bond donors (Lipinski definition) is 3. The van der Waals surface area contributed by atoms with E-state index in [1.807, 2.05) is 31.3 Å². The van der Waals surface area contributed by atoms with Crippen LogP contribution >= 0.6 is 12.4 Å². The highest BCUT2D eigenvalue weighted by atomic mass is 35.5. The van der Waals surface area contributed by atoms with E-state index in [1.165, 1.54) is 0 Å². The molecule has 1 aromatic carbocycles. The molecule has 1 unspecified atom stereocenters. The minimum atomic E-state index is -0.970. The highest BCUT2D eigenvalue weighted by molar-refractivity contribution is 5.85. The Labute approximate surface area is 105 Å². The molecule has 4 nitrogen and oxygen atoms in total. The highest BCUT2D eigenvalue weighted by Crippen LogP contribution is 2.20. The van der Waals surface area contributed by atoms with Gasteiger partial charge in [0.2, 0.25) is 0 Å². The van der Waals surface area contributed by atoms with Crippen LogP contribution in [0.2, 0.25) is 0 Å². The summed E-state index contributed by atoms with van der Waals surface area (Å²) < 4.78 is 0. The van der Waals surface area contributed by atoms with Gasteiger partial charge < -0.3 is 15.8 Å². The van der Waals surface area contributed by atoms with Gasteiger partial charge in [0, 0.05) is 23.5 Å². The standard InChI is InChI=1S/C12H14N2O2.ClH/c1-7-2-3-11-9(4-7)8(6-14-11)5-10(13)12(15)16;/h2-4,6,10,14H,5,13H2,1H3,(H,15,16);1H. The van der Waals surface area contributed by atoms with Crippen LogP contribution in [0, 0.1) is 6.92 Å². The lowest BCUT2D eigenvalue weighted by atomic mass is 10.0. The van der Waals surface area contributed by atoms with Crippen molar-refractivity contribution in [3.63, 3.8) is 0 Å². The van der Waals surface area contributed by atoms with Gasteiger partial charge in [-0.25, -0.2) is 0 Å². The molecule has 1 atom stereocenters. The van der Waals surface area contributed by atoms with Crippen LogP contribution in [0.5, 0.6) is 0 Å². The third kappa shape index (κ3) is 2.78. The van der Waals surface area contributed by atoms with Crippen molar-refractivity contribution in [3.8, 4) is 0 Å². The minimum absolute atomic E-state index is 0. The molecule has 1 heterocycles. The van der Waals surface area contributed by atoms with Gasteiger partial charge in [-0.3, -0.25) is 4.79 Å². The highest BCUT2D eigenvalue weighted by Gasteiger charge is 2.14. The Morgan fingerprint density at radius 1 is 1.53 bits per heavy atom. The molecule has 0 bridgehead atoms. The summed E-state index contributed by atoms with van der Waals surface area (Å²) in [6.45, 7) is 2.01. The number of aryl methyl sites for hydroxylation is 1. The number of halogens is 1. The Morgan fingerprint density at radius 2 is 2.24 bits per heavy atom. The maximum Gasteiger partial charge on any atom is 0.320 e. The Balaban J connectivity index is 0.00000144. The number of nitrogens with one attached hydrogen (secondary N) is 1. The topological polar surface area (TPSA) is 79.1 Å². The Hall–Kier alpha value is -1.52. The molecule has 0 saturated heterocycles. The number of carbonyl (C=O) groups is 1. The van der Waals surface area contributed by atoms with Gasteiger partial charge in [-0.15, -0.1) is 12.4 Å². The molecule has 0 aliphatic heterocycles. The summed E-state index contributed by atoms with van der Waals surface area (Å²) in [5.74, 6) is -0.970. The van der Waals surface area contributed by atoms with Crippen molar-refractivity contribution in [1.82, 2.24) is 4.98 Å². The van der Waals surface area contributed by atoms with E-state index >= 15 is 0 Å². The average Bonchev–Trinajstić information content (AvgIpc) is 2.61. The molecule has 0 aliphatic rings. The number of carboxylic acid groups (broad SMARTS) is 1. The summed E-state index contributed by atoms with van der Waals surface area (Å²) in [4.78, 5) is 13.8. The van der Waals surface area contributed by atoms with Crippen LogP contribution in [0.3, 0.4) is 0 Å². The van der Waals surface area contributed by atoms with Crippen LogP contribution in [0.25, 0.3) is 10.9 Å². The van der Waals surface area contributed by atoms with E-state index < -0.39 is 12.0 Å². The van der Waals surface area contributed by atoms with E-state index in [0.717, 1.165) is 22.0 Å². The molecule has 0 spiro atoms. The third-order valence-electron chi connectivity index (χ3n) is 2.68. The fraction of sp³-hybridized carbons (Fsp3) is 0.250. The summed E-state index contributed by atoms with van der Waals surface area (Å²) in [7, 11) is 0. The molecular formula is C12H15ClN2O2. The van der Waals surface area contributed by atoms with Crippen LogP contribution in [0.15, 0.2) is 24.4 Å². The molecule has 0 aliphatic carbocycles. The van der Waals surface area contributed by atoms with Gasteiger partial charge in [0.1, 0.15) is 6.04 Å². The number of hydrogen-bond acceptors (Lipinski definition) is 2. The molecule has 2 aromatic rings. The first-order valence-corrected chi connectivity index (χ1v) is 5.13. The molecule has 92 valence electrons. The van der Waals surface area contributed by atoms with E-state index in [4.69, 9.17) is 10.8 Å². The van der Waals surface area contributed by atoms with Gasteiger partial charge >= 0.3 is 5.97 Å². The van der Waals surface area contributed by atoms with Gasteiger partial charge in [-0.05, 0) is 24.6 Å². The molecule has 0 saturated carbocycles. The largest absolute Gasteiger partial charge is 0.480 e. The van der Waals surface area contributed by atoms with Crippen LogP contribution in [0.1, 0.15) is 11.1 Å². The zero-order valence-electron chi connectivity index (χ0n) is 9.43. The number of H-pyrrole nitrogens is 1. The minimum Gasteiger partial charge on any atom is -0.480 e. The third-order valence-corrected chi connectivity index (χ3v) is 2.68. The number of carboxylic acids is 1. The number of aromatic amines is 1. The van der Waals surface area contributed by atoms with Crippen LogP contribution in [-0.2, 0) is 11.2 Å². The molecule has 1 aromatic heterocycles. The summed E-state index contributed by atoms with van der Waals surface area (Å²) >= 11 is 0. The van der Waals surface area contributed by atoms with Crippen molar-refractivity contribution in [2.75, 3.05) is 0 Å². The molecule has 0 amide bonds. The number of nitrogens with two attached hydrogens (primary N) is 1. The molecular weight excluding hydrogens is 240 g/mol. The Morgan fingerprint density at radius 3 is 2.88 bits per heavy atom. The fourth-order valence-corrected chi connectivity index (χ4v) is 1.79. The predicted octanol–water partition coefficient (Wildman–Crippen LogP) is 1.85. The van der Waals surface area contributed by atoms with E-state index in [0.29, 0.717) is 6.42 Å². The lowest BCUT2D eigenvalue weighted by Crippen LogP contribution is -2.32. The van der Waals surface area contributed by atoms with E-state index in [9.17, 15) is 4.79 Å². The summed E-state index contributed by atoms with van der Waals surface area (Å²) in [5, 5.41) is 9.82. The number of benzene rings is 1.